The Morgan fingerprint density at radius 2 is 2.12 bits per heavy atom. The van der Waals surface area contributed by atoms with Gasteiger partial charge in [-0.1, -0.05) is 17.7 Å². The number of aliphatic hydroxyl groups excluding tert-OH is 1. The van der Waals surface area contributed by atoms with Gasteiger partial charge in [-0.2, -0.15) is 0 Å². The molecule has 3 nitrogen and oxygen atoms in total. The van der Waals surface area contributed by atoms with E-state index in [-0.39, 0.29) is 0 Å². The van der Waals surface area contributed by atoms with Crippen LogP contribution in [0.1, 0.15) is 25.5 Å². The van der Waals surface area contributed by atoms with Gasteiger partial charge in [-0.05, 0) is 31.5 Å². The molecular formula is C12H17ClO3. The van der Waals surface area contributed by atoms with Crippen LogP contribution in [0.15, 0.2) is 18.2 Å². The molecule has 0 bridgehead atoms. The molecule has 0 fully saturated rings. The maximum absolute atomic E-state index is 9.37. The van der Waals surface area contributed by atoms with Gasteiger partial charge in [0.1, 0.15) is 12.4 Å². The standard InChI is InChI=1S/C12H17ClO3/c1-3-15-6-7-16-12-5-4-10(9(2)14)8-11(12)13/h4-5,8-9,14H,3,6-7H2,1-2H3/t9-/m1/s1. The van der Waals surface area contributed by atoms with Crippen LogP contribution in [0.5, 0.6) is 5.75 Å². The van der Waals surface area contributed by atoms with E-state index in [1.807, 2.05) is 6.92 Å². The lowest BCUT2D eigenvalue weighted by molar-refractivity contribution is 0.110. The molecule has 0 amide bonds. The van der Waals surface area contributed by atoms with Gasteiger partial charge in [-0.25, -0.2) is 0 Å². The summed E-state index contributed by atoms with van der Waals surface area (Å²) in [5.74, 6) is 0.616. The number of aliphatic hydroxyl groups is 1. The first-order chi connectivity index (χ1) is 7.65. The molecule has 0 aromatic heterocycles. The molecule has 1 N–H and O–H groups in total. The fourth-order valence-electron chi connectivity index (χ4n) is 1.25. The van der Waals surface area contributed by atoms with E-state index in [0.29, 0.717) is 30.6 Å². The fraction of sp³-hybridized carbons (Fsp3) is 0.500. The molecule has 0 aliphatic carbocycles. The molecular weight excluding hydrogens is 228 g/mol. The molecule has 1 aromatic carbocycles. The summed E-state index contributed by atoms with van der Waals surface area (Å²) in [6, 6.07) is 5.27. The topological polar surface area (TPSA) is 38.7 Å². The van der Waals surface area contributed by atoms with E-state index in [1.54, 1.807) is 25.1 Å². The molecule has 1 rings (SSSR count). The molecule has 0 saturated heterocycles. The van der Waals surface area contributed by atoms with Crippen molar-refractivity contribution in [1.82, 2.24) is 0 Å². The zero-order chi connectivity index (χ0) is 12.0. The van der Waals surface area contributed by atoms with Crippen molar-refractivity contribution < 1.29 is 14.6 Å². The zero-order valence-corrected chi connectivity index (χ0v) is 10.3. The summed E-state index contributed by atoms with van der Waals surface area (Å²) in [4.78, 5) is 0. The maximum atomic E-state index is 9.37. The van der Waals surface area contributed by atoms with Crippen molar-refractivity contribution in [3.05, 3.63) is 28.8 Å². The minimum Gasteiger partial charge on any atom is -0.490 e. The van der Waals surface area contributed by atoms with Gasteiger partial charge < -0.3 is 14.6 Å². The summed E-state index contributed by atoms with van der Waals surface area (Å²) in [6.45, 7) is 5.33. The number of halogens is 1. The van der Waals surface area contributed by atoms with Gasteiger partial charge in [-0.15, -0.1) is 0 Å². The summed E-state index contributed by atoms with van der Waals surface area (Å²) < 4.78 is 10.6. The number of ether oxygens (including phenoxy) is 2. The van der Waals surface area contributed by atoms with Gasteiger partial charge >= 0.3 is 0 Å². The summed E-state index contributed by atoms with van der Waals surface area (Å²) in [7, 11) is 0. The number of hydrogen-bond donors (Lipinski definition) is 1. The van der Waals surface area contributed by atoms with Crippen molar-refractivity contribution in [2.24, 2.45) is 0 Å². The first-order valence-electron chi connectivity index (χ1n) is 5.33. The highest BCUT2D eigenvalue weighted by Crippen LogP contribution is 2.27. The van der Waals surface area contributed by atoms with E-state index in [2.05, 4.69) is 0 Å². The van der Waals surface area contributed by atoms with Crippen molar-refractivity contribution >= 4 is 11.6 Å². The van der Waals surface area contributed by atoms with Gasteiger partial charge in [0.05, 0.1) is 17.7 Å². The molecule has 0 saturated carbocycles. The van der Waals surface area contributed by atoms with E-state index in [1.165, 1.54) is 0 Å². The SMILES string of the molecule is CCOCCOc1ccc([C@@H](C)O)cc1Cl. The second kappa shape index (κ2) is 6.74. The van der Waals surface area contributed by atoms with Crippen LogP contribution >= 0.6 is 11.6 Å². The quantitative estimate of drug-likeness (QED) is 0.782. The monoisotopic (exact) mass is 244 g/mol. The second-order valence-electron chi connectivity index (χ2n) is 3.41. The molecule has 0 spiro atoms. The minimum atomic E-state index is -0.519. The van der Waals surface area contributed by atoms with Gasteiger partial charge in [-0.3, -0.25) is 0 Å². The van der Waals surface area contributed by atoms with E-state index in [0.717, 1.165) is 5.56 Å². The van der Waals surface area contributed by atoms with Gasteiger partial charge in [0, 0.05) is 6.61 Å². The summed E-state index contributed by atoms with van der Waals surface area (Å²) in [5.41, 5.74) is 0.780. The third-order valence-electron chi connectivity index (χ3n) is 2.13. The first-order valence-corrected chi connectivity index (χ1v) is 5.71. The van der Waals surface area contributed by atoms with Crippen LogP contribution in [0.3, 0.4) is 0 Å². The smallest absolute Gasteiger partial charge is 0.138 e. The molecule has 0 unspecified atom stereocenters. The number of benzene rings is 1. The Morgan fingerprint density at radius 3 is 2.69 bits per heavy atom. The molecule has 1 atom stereocenters. The van der Waals surface area contributed by atoms with Crippen LogP contribution in [-0.4, -0.2) is 24.9 Å². The Bertz CT molecular complexity index is 326. The first kappa shape index (κ1) is 13.3. The lowest BCUT2D eigenvalue weighted by Gasteiger charge is -2.10. The molecule has 1 aromatic rings. The van der Waals surface area contributed by atoms with Crippen LogP contribution in [0.2, 0.25) is 5.02 Å². The highest BCUT2D eigenvalue weighted by atomic mass is 35.5. The summed E-state index contributed by atoms with van der Waals surface area (Å²) in [5, 5.41) is 9.87. The highest BCUT2D eigenvalue weighted by Gasteiger charge is 2.06. The molecule has 16 heavy (non-hydrogen) atoms. The molecule has 0 heterocycles. The zero-order valence-electron chi connectivity index (χ0n) is 9.57. The lowest BCUT2D eigenvalue weighted by Crippen LogP contribution is -2.06. The lowest BCUT2D eigenvalue weighted by atomic mass is 10.1. The maximum Gasteiger partial charge on any atom is 0.138 e. The summed E-state index contributed by atoms with van der Waals surface area (Å²) in [6.07, 6.45) is -0.519. The van der Waals surface area contributed by atoms with Gasteiger partial charge in [0.15, 0.2) is 0 Å². The van der Waals surface area contributed by atoms with Crippen molar-refractivity contribution in [1.29, 1.82) is 0 Å². The van der Waals surface area contributed by atoms with Crippen molar-refractivity contribution in [2.45, 2.75) is 20.0 Å². The normalized spacial score (nSPS) is 12.5. The Morgan fingerprint density at radius 1 is 1.38 bits per heavy atom. The Hall–Kier alpha value is -0.770. The average Bonchev–Trinajstić information content (AvgIpc) is 2.26. The average molecular weight is 245 g/mol. The van der Waals surface area contributed by atoms with E-state index in [9.17, 15) is 5.11 Å². The van der Waals surface area contributed by atoms with Crippen LogP contribution < -0.4 is 4.74 Å². The minimum absolute atomic E-state index is 0.474. The summed E-state index contributed by atoms with van der Waals surface area (Å²) >= 11 is 6.01. The van der Waals surface area contributed by atoms with Crippen molar-refractivity contribution in [3.63, 3.8) is 0 Å². The Labute approximate surface area is 101 Å². The van der Waals surface area contributed by atoms with E-state index in [4.69, 9.17) is 21.1 Å². The van der Waals surface area contributed by atoms with Crippen LogP contribution in [0.4, 0.5) is 0 Å². The molecule has 90 valence electrons. The second-order valence-corrected chi connectivity index (χ2v) is 3.82. The van der Waals surface area contributed by atoms with Crippen LogP contribution in [-0.2, 0) is 4.74 Å². The number of rotatable bonds is 6. The molecule has 0 aliphatic heterocycles. The Kier molecular flexibility index (Phi) is 5.60. The largest absolute Gasteiger partial charge is 0.490 e. The van der Waals surface area contributed by atoms with Crippen LogP contribution in [0.25, 0.3) is 0 Å². The van der Waals surface area contributed by atoms with Gasteiger partial charge in [0.25, 0.3) is 0 Å². The third kappa shape index (κ3) is 4.00. The van der Waals surface area contributed by atoms with E-state index >= 15 is 0 Å². The predicted molar refractivity (Wildman–Crippen MR) is 64.1 cm³/mol. The van der Waals surface area contributed by atoms with Crippen molar-refractivity contribution in [2.75, 3.05) is 19.8 Å². The van der Waals surface area contributed by atoms with Crippen LogP contribution in [0, 0.1) is 0 Å². The Balaban J connectivity index is 2.54. The number of hydrogen-bond acceptors (Lipinski definition) is 3. The highest BCUT2D eigenvalue weighted by molar-refractivity contribution is 6.32. The van der Waals surface area contributed by atoms with Crippen molar-refractivity contribution in [3.8, 4) is 5.75 Å². The molecule has 0 aliphatic rings. The molecule has 0 radical (unpaired) electrons. The van der Waals surface area contributed by atoms with Gasteiger partial charge in [0.2, 0.25) is 0 Å². The fourth-order valence-corrected chi connectivity index (χ4v) is 1.49. The molecule has 4 heteroatoms. The third-order valence-corrected chi connectivity index (χ3v) is 2.42. The van der Waals surface area contributed by atoms with E-state index < -0.39 is 6.10 Å². The predicted octanol–water partition coefficient (Wildman–Crippen LogP) is 2.81.